The van der Waals surface area contributed by atoms with Crippen LogP contribution in [0.4, 0.5) is 0 Å². The minimum atomic E-state index is -0.115. The summed E-state index contributed by atoms with van der Waals surface area (Å²) in [5, 5.41) is 0. The maximum atomic E-state index is 12.3. The summed E-state index contributed by atoms with van der Waals surface area (Å²) in [6.07, 6.45) is 2.45. The van der Waals surface area contributed by atoms with Gasteiger partial charge in [-0.1, -0.05) is 6.07 Å². The molecule has 0 atom stereocenters. The average Bonchev–Trinajstić information content (AvgIpc) is 2.72. The Morgan fingerprint density at radius 1 is 1.05 bits per heavy atom. The topological polar surface area (TPSA) is 48.4 Å². The summed E-state index contributed by atoms with van der Waals surface area (Å²) in [4.78, 5) is 16.3. The average molecular weight is 255 g/mol. The van der Waals surface area contributed by atoms with Crippen molar-refractivity contribution < 1.29 is 14.3 Å². The Hall–Kier alpha value is -2.36. The van der Waals surface area contributed by atoms with Crippen molar-refractivity contribution in [3.8, 4) is 11.5 Å². The van der Waals surface area contributed by atoms with Crippen molar-refractivity contribution >= 4 is 5.78 Å². The standard InChI is InChI=1S/C15H13NO3/c17-15(12-4-1-2-7-16-12)11-5-6-13-14(10-11)19-9-3-8-18-13/h1-2,4-7,10H,3,8-9H2. The van der Waals surface area contributed by atoms with E-state index in [1.165, 1.54) is 0 Å². The van der Waals surface area contributed by atoms with Gasteiger partial charge in [-0.3, -0.25) is 9.78 Å². The van der Waals surface area contributed by atoms with Gasteiger partial charge in [0.2, 0.25) is 5.78 Å². The second-order valence-corrected chi connectivity index (χ2v) is 4.26. The fourth-order valence-electron chi connectivity index (χ4n) is 1.95. The first-order chi connectivity index (χ1) is 9.34. The monoisotopic (exact) mass is 255 g/mol. The Morgan fingerprint density at radius 2 is 1.89 bits per heavy atom. The number of fused-ring (bicyclic) bond motifs is 1. The quantitative estimate of drug-likeness (QED) is 0.773. The largest absolute Gasteiger partial charge is 0.490 e. The zero-order chi connectivity index (χ0) is 13.1. The van der Waals surface area contributed by atoms with E-state index in [9.17, 15) is 4.79 Å². The number of aromatic nitrogens is 1. The van der Waals surface area contributed by atoms with Crippen molar-refractivity contribution in [2.24, 2.45) is 0 Å². The van der Waals surface area contributed by atoms with Crippen LogP contribution >= 0.6 is 0 Å². The molecular formula is C15H13NO3. The fraction of sp³-hybridized carbons (Fsp3) is 0.200. The van der Waals surface area contributed by atoms with E-state index in [4.69, 9.17) is 9.47 Å². The number of pyridine rings is 1. The van der Waals surface area contributed by atoms with E-state index in [-0.39, 0.29) is 5.78 Å². The van der Waals surface area contributed by atoms with Crippen molar-refractivity contribution in [1.82, 2.24) is 4.98 Å². The zero-order valence-corrected chi connectivity index (χ0v) is 10.3. The number of ether oxygens (including phenoxy) is 2. The number of carbonyl (C=O) groups is 1. The van der Waals surface area contributed by atoms with E-state index in [0.29, 0.717) is 36.0 Å². The predicted molar refractivity (Wildman–Crippen MR) is 69.7 cm³/mol. The molecule has 0 unspecified atom stereocenters. The van der Waals surface area contributed by atoms with Gasteiger partial charge in [0.1, 0.15) is 5.69 Å². The Balaban J connectivity index is 1.94. The van der Waals surface area contributed by atoms with E-state index in [1.807, 2.05) is 0 Å². The summed E-state index contributed by atoms with van der Waals surface area (Å²) >= 11 is 0. The third kappa shape index (κ3) is 2.42. The molecule has 0 saturated heterocycles. The smallest absolute Gasteiger partial charge is 0.211 e. The summed E-state index contributed by atoms with van der Waals surface area (Å²) in [7, 11) is 0. The highest BCUT2D eigenvalue weighted by Crippen LogP contribution is 2.30. The minimum Gasteiger partial charge on any atom is -0.490 e. The molecule has 19 heavy (non-hydrogen) atoms. The van der Waals surface area contributed by atoms with Crippen molar-refractivity contribution in [3.05, 3.63) is 53.9 Å². The second kappa shape index (κ2) is 5.10. The molecule has 3 rings (SSSR count). The molecule has 1 aliphatic heterocycles. The molecule has 0 amide bonds. The summed E-state index contributed by atoms with van der Waals surface area (Å²) < 4.78 is 11.1. The molecule has 0 fully saturated rings. The first-order valence-corrected chi connectivity index (χ1v) is 6.20. The Morgan fingerprint density at radius 3 is 2.68 bits per heavy atom. The lowest BCUT2D eigenvalue weighted by Crippen LogP contribution is -2.04. The van der Waals surface area contributed by atoms with Crippen molar-refractivity contribution in [3.63, 3.8) is 0 Å². The molecule has 0 N–H and O–H groups in total. The number of benzene rings is 1. The lowest BCUT2D eigenvalue weighted by Gasteiger charge is -2.08. The number of nitrogens with zero attached hydrogens (tertiary/aromatic N) is 1. The number of ketones is 1. The lowest BCUT2D eigenvalue weighted by atomic mass is 10.1. The molecule has 1 aromatic heterocycles. The molecule has 0 saturated carbocycles. The molecule has 2 aromatic rings. The zero-order valence-electron chi connectivity index (χ0n) is 10.3. The normalized spacial score (nSPS) is 13.7. The number of rotatable bonds is 2. The van der Waals surface area contributed by atoms with Crippen LogP contribution in [-0.2, 0) is 0 Å². The van der Waals surface area contributed by atoms with Gasteiger partial charge in [0.25, 0.3) is 0 Å². The highest BCUT2D eigenvalue weighted by atomic mass is 16.5. The van der Waals surface area contributed by atoms with E-state index in [1.54, 1.807) is 42.6 Å². The van der Waals surface area contributed by atoms with Crippen LogP contribution in [0.15, 0.2) is 42.6 Å². The van der Waals surface area contributed by atoms with Crippen molar-refractivity contribution in [2.75, 3.05) is 13.2 Å². The number of carbonyl (C=O) groups excluding carboxylic acids is 1. The van der Waals surface area contributed by atoms with Gasteiger partial charge in [0.05, 0.1) is 13.2 Å². The molecule has 96 valence electrons. The molecule has 0 aliphatic carbocycles. The van der Waals surface area contributed by atoms with Gasteiger partial charge in [0.15, 0.2) is 11.5 Å². The first-order valence-electron chi connectivity index (χ1n) is 6.20. The summed E-state index contributed by atoms with van der Waals surface area (Å²) in [5.74, 6) is 1.20. The Kier molecular flexibility index (Phi) is 3.14. The fourth-order valence-corrected chi connectivity index (χ4v) is 1.95. The van der Waals surface area contributed by atoms with Gasteiger partial charge in [-0.25, -0.2) is 0 Å². The lowest BCUT2D eigenvalue weighted by molar-refractivity contribution is 0.103. The number of hydrogen-bond acceptors (Lipinski definition) is 4. The predicted octanol–water partition coefficient (Wildman–Crippen LogP) is 2.47. The minimum absolute atomic E-state index is 0.115. The van der Waals surface area contributed by atoms with E-state index >= 15 is 0 Å². The van der Waals surface area contributed by atoms with Crippen LogP contribution in [0.2, 0.25) is 0 Å². The molecule has 0 spiro atoms. The summed E-state index contributed by atoms with van der Waals surface area (Å²) in [5.41, 5.74) is 0.986. The number of hydrogen-bond donors (Lipinski definition) is 0. The molecule has 4 heteroatoms. The molecule has 0 radical (unpaired) electrons. The van der Waals surface area contributed by atoms with Crippen LogP contribution in [0.5, 0.6) is 11.5 Å². The molecule has 0 bridgehead atoms. The third-order valence-electron chi connectivity index (χ3n) is 2.91. The Bertz CT molecular complexity index is 596. The molecular weight excluding hydrogens is 242 g/mol. The molecule has 2 heterocycles. The van der Waals surface area contributed by atoms with Crippen molar-refractivity contribution in [2.45, 2.75) is 6.42 Å². The van der Waals surface area contributed by atoms with E-state index < -0.39 is 0 Å². The third-order valence-corrected chi connectivity index (χ3v) is 2.91. The molecule has 4 nitrogen and oxygen atoms in total. The first kappa shape index (κ1) is 11.7. The maximum absolute atomic E-state index is 12.3. The van der Waals surface area contributed by atoms with Gasteiger partial charge < -0.3 is 9.47 Å². The van der Waals surface area contributed by atoms with Crippen molar-refractivity contribution in [1.29, 1.82) is 0 Å². The van der Waals surface area contributed by atoms with Crippen LogP contribution in [0, 0.1) is 0 Å². The maximum Gasteiger partial charge on any atom is 0.211 e. The Labute approximate surface area is 111 Å². The van der Waals surface area contributed by atoms with Crippen LogP contribution in [-0.4, -0.2) is 24.0 Å². The van der Waals surface area contributed by atoms with Gasteiger partial charge in [-0.15, -0.1) is 0 Å². The van der Waals surface area contributed by atoms with Crippen LogP contribution < -0.4 is 9.47 Å². The summed E-state index contributed by atoms with van der Waals surface area (Å²) in [6.45, 7) is 1.24. The highest BCUT2D eigenvalue weighted by Gasteiger charge is 2.15. The molecule has 1 aromatic carbocycles. The van der Waals surface area contributed by atoms with E-state index in [0.717, 1.165) is 6.42 Å². The van der Waals surface area contributed by atoms with Crippen LogP contribution in [0.25, 0.3) is 0 Å². The second-order valence-electron chi connectivity index (χ2n) is 4.26. The van der Waals surface area contributed by atoms with Gasteiger partial charge >= 0.3 is 0 Å². The van der Waals surface area contributed by atoms with Crippen LogP contribution in [0.1, 0.15) is 22.5 Å². The van der Waals surface area contributed by atoms with Gasteiger partial charge in [-0.2, -0.15) is 0 Å². The highest BCUT2D eigenvalue weighted by molar-refractivity contribution is 6.08. The van der Waals surface area contributed by atoms with Gasteiger partial charge in [-0.05, 0) is 30.3 Å². The molecule has 1 aliphatic rings. The van der Waals surface area contributed by atoms with Crippen LogP contribution in [0.3, 0.4) is 0 Å². The summed E-state index contributed by atoms with van der Waals surface area (Å²) in [6, 6.07) is 10.5. The SMILES string of the molecule is O=C(c1ccc2c(c1)OCCCO2)c1ccccn1. The van der Waals surface area contributed by atoms with Gasteiger partial charge in [0, 0.05) is 18.2 Å². The van der Waals surface area contributed by atoms with E-state index in [2.05, 4.69) is 4.98 Å².